The molecule has 4 aromatic carbocycles. The fourth-order valence-corrected chi connectivity index (χ4v) is 7.89. The molecule has 5 rings (SSSR count). The smallest absolute Gasteiger partial charge is 0.273 e. The predicted octanol–water partition coefficient (Wildman–Crippen LogP) is 6.85. The van der Waals surface area contributed by atoms with E-state index in [-0.39, 0.29) is 46.7 Å². The molecular weight excluding hydrogens is 692 g/mol. The second-order valence-electron chi connectivity index (χ2n) is 12.6. The summed E-state index contributed by atoms with van der Waals surface area (Å²) in [5.41, 5.74) is 1.41. The SMILES string of the molecule is COc1ccc(N(CC(=O)N(Cc2ccccc2Cl)C(Cc2ccccc2)C(=O)NC2CCCCC2)S(=O)(=O)c2ccc(C)c([N+](=O)[O-])c2)cc1. The van der Waals surface area contributed by atoms with Crippen molar-refractivity contribution in [3.8, 4) is 5.75 Å². The van der Waals surface area contributed by atoms with Crippen molar-refractivity contribution >= 4 is 44.8 Å². The number of carbonyl (C=O) groups is 2. The van der Waals surface area contributed by atoms with E-state index >= 15 is 0 Å². The van der Waals surface area contributed by atoms with Crippen LogP contribution in [-0.4, -0.2) is 55.8 Å². The number of halogens is 1. The van der Waals surface area contributed by atoms with E-state index in [1.54, 1.807) is 36.4 Å². The van der Waals surface area contributed by atoms with E-state index in [2.05, 4.69) is 5.32 Å². The van der Waals surface area contributed by atoms with Gasteiger partial charge in [0.15, 0.2) is 0 Å². The number of nitrogens with one attached hydrogen (secondary N) is 1. The number of sulfonamides is 1. The molecule has 0 saturated heterocycles. The van der Waals surface area contributed by atoms with Crippen LogP contribution in [0.3, 0.4) is 0 Å². The van der Waals surface area contributed by atoms with E-state index < -0.39 is 33.4 Å². The molecule has 1 saturated carbocycles. The fourth-order valence-electron chi connectivity index (χ4n) is 6.26. The quantitative estimate of drug-likeness (QED) is 0.111. The zero-order valence-electron chi connectivity index (χ0n) is 28.5. The second-order valence-corrected chi connectivity index (χ2v) is 14.8. The lowest BCUT2D eigenvalue weighted by atomic mass is 9.94. The number of rotatable bonds is 14. The van der Waals surface area contributed by atoms with Crippen LogP contribution in [0, 0.1) is 17.0 Å². The Morgan fingerprint density at radius 1 is 0.961 bits per heavy atom. The first-order valence-corrected chi connectivity index (χ1v) is 18.6. The van der Waals surface area contributed by atoms with Gasteiger partial charge >= 0.3 is 0 Å². The van der Waals surface area contributed by atoms with Crippen LogP contribution >= 0.6 is 11.6 Å². The Bertz CT molecular complexity index is 1950. The number of nitro benzene ring substituents is 1. The highest BCUT2D eigenvalue weighted by Gasteiger charge is 2.36. The highest BCUT2D eigenvalue weighted by Crippen LogP contribution is 2.30. The Morgan fingerprint density at radius 3 is 2.27 bits per heavy atom. The van der Waals surface area contributed by atoms with E-state index in [1.165, 1.54) is 43.2 Å². The van der Waals surface area contributed by atoms with Crippen molar-refractivity contribution in [1.29, 1.82) is 0 Å². The largest absolute Gasteiger partial charge is 0.497 e. The number of hydrogen-bond acceptors (Lipinski definition) is 7. The average Bonchev–Trinajstić information content (AvgIpc) is 3.13. The Morgan fingerprint density at radius 2 is 1.63 bits per heavy atom. The fraction of sp³-hybridized carbons (Fsp3) is 0.316. The third kappa shape index (κ3) is 9.25. The summed E-state index contributed by atoms with van der Waals surface area (Å²) in [7, 11) is -3.10. The van der Waals surface area contributed by atoms with E-state index in [9.17, 15) is 28.1 Å². The molecule has 0 aliphatic heterocycles. The molecule has 1 atom stereocenters. The van der Waals surface area contributed by atoms with Crippen LogP contribution in [0.15, 0.2) is 102 Å². The summed E-state index contributed by atoms with van der Waals surface area (Å²) in [5, 5.41) is 15.3. The minimum Gasteiger partial charge on any atom is -0.497 e. The number of benzene rings is 4. The van der Waals surface area contributed by atoms with Gasteiger partial charge in [-0.2, -0.15) is 0 Å². The van der Waals surface area contributed by atoms with Crippen molar-refractivity contribution in [2.75, 3.05) is 18.0 Å². The van der Waals surface area contributed by atoms with Crippen molar-refractivity contribution in [3.05, 3.63) is 129 Å². The van der Waals surface area contributed by atoms with Crippen molar-refractivity contribution in [1.82, 2.24) is 10.2 Å². The zero-order chi connectivity index (χ0) is 36.5. The van der Waals surface area contributed by atoms with Crippen molar-refractivity contribution in [2.45, 2.75) is 69.0 Å². The Hall–Kier alpha value is -4.94. The van der Waals surface area contributed by atoms with Crippen molar-refractivity contribution in [2.24, 2.45) is 0 Å². The molecule has 0 spiro atoms. The first kappa shape index (κ1) is 37.3. The normalized spacial score (nSPS) is 13.9. The third-order valence-electron chi connectivity index (χ3n) is 9.13. The number of nitrogens with zero attached hydrogens (tertiary/aromatic N) is 3. The number of carbonyl (C=O) groups excluding carboxylic acids is 2. The molecule has 0 radical (unpaired) electrons. The lowest BCUT2D eigenvalue weighted by Gasteiger charge is -2.35. The molecule has 1 N–H and O–H groups in total. The summed E-state index contributed by atoms with van der Waals surface area (Å²) in [4.78, 5) is 41.2. The molecule has 1 aliphatic carbocycles. The first-order chi connectivity index (χ1) is 24.5. The molecular formula is C38H41ClN4O7S. The molecule has 51 heavy (non-hydrogen) atoms. The summed E-state index contributed by atoms with van der Waals surface area (Å²) < 4.78 is 35.0. The van der Waals surface area contributed by atoms with Crippen LogP contribution in [0.25, 0.3) is 0 Å². The van der Waals surface area contributed by atoms with Crippen LogP contribution in [-0.2, 0) is 32.6 Å². The zero-order valence-corrected chi connectivity index (χ0v) is 30.1. The maximum absolute atomic E-state index is 14.8. The number of nitro groups is 1. The molecule has 11 nitrogen and oxygen atoms in total. The Kier molecular flexibility index (Phi) is 12.3. The number of hydrogen-bond donors (Lipinski definition) is 1. The summed E-state index contributed by atoms with van der Waals surface area (Å²) >= 11 is 6.60. The van der Waals surface area contributed by atoms with Crippen molar-refractivity contribution in [3.63, 3.8) is 0 Å². The van der Waals surface area contributed by atoms with Crippen LogP contribution in [0.5, 0.6) is 5.75 Å². The van der Waals surface area contributed by atoms with Gasteiger partial charge in [-0.3, -0.25) is 24.0 Å². The minimum atomic E-state index is -4.57. The van der Waals surface area contributed by atoms with Crippen LogP contribution in [0.2, 0.25) is 5.02 Å². The van der Waals surface area contributed by atoms with Gasteiger partial charge < -0.3 is 15.0 Å². The van der Waals surface area contributed by atoms with Gasteiger partial charge in [0.1, 0.15) is 18.3 Å². The van der Waals surface area contributed by atoms with Gasteiger partial charge in [0.2, 0.25) is 11.8 Å². The molecule has 0 aromatic heterocycles. The molecule has 1 fully saturated rings. The number of aryl methyl sites for hydroxylation is 1. The molecule has 0 heterocycles. The van der Waals surface area contributed by atoms with E-state index in [0.29, 0.717) is 16.3 Å². The van der Waals surface area contributed by atoms with E-state index in [0.717, 1.165) is 48.0 Å². The summed E-state index contributed by atoms with van der Waals surface area (Å²) in [6.07, 6.45) is 4.89. The van der Waals surface area contributed by atoms with Crippen molar-refractivity contribution < 1.29 is 27.7 Å². The molecule has 0 bridgehead atoms. The molecule has 2 amide bonds. The highest BCUT2D eigenvalue weighted by molar-refractivity contribution is 7.92. The summed E-state index contributed by atoms with van der Waals surface area (Å²) in [6.45, 7) is 0.709. The van der Waals surface area contributed by atoms with Gasteiger partial charge in [0.25, 0.3) is 15.7 Å². The summed E-state index contributed by atoms with van der Waals surface area (Å²) in [5.74, 6) is -0.564. The molecule has 268 valence electrons. The number of ether oxygens (including phenoxy) is 1. The minimum absolute atomic E-state index is 0.0460. The van der Waals surface area contributed by atoms with Crippen LogP contribution in [0.4, 0.5) is 11.4 Å². The van der Waals surface area contributed by atoms with E-state index in [1.807, 2.05) is 30.3 Å². The predicted molar refractivity (Wildman–Crippen MR) is 196 cm³/mol. The van der Waals surface area contributed by atoms with Crippen LogP contribution < -0.4 is 14.4 Å². The topological polar surface area (TPSA) is 139 Å². The molecule has 13 heteroatoms. The highest BCUT2D eigenvalue weighted by atomic mass is 35.5. The van der Waals surface area contributed by atoms with E-state index in [4.69, 9.17) is 16.3 Å². The summed E-state index contributed by atoms with van der Waals surface area (Å²) in [6, 6.07) is 24.9. The van der Waals surface area contributed by atoms with Crippen LogP contribution in [0.1, 0.15) is 48.8 Å². The second kappa shape index (κ2) is 16.8. The lowest BCUT2D eigenvalue weighted by molar-refractivity contribution is -0.385. The number of anilines is 1. The third-order valence-corrected chi connectivity index (χ3v) is 11.3. The Labute approximate surface area is 303 Å². The molecule has 1 aliphatic rings. The standard InChI is InChI=1S/C38H41ClN4O7S/c1-27-17-22-33(24-35(27)43(46)47)51(48,49)42(31-18-20-32(50-2)21-19-31)26-37(44)41(25-29-13-9-10-16-34(29)39)36(23-28-11-5-3-6-12-28)38(45)40-30-14-7-4-8-15-30/h3,5-6,9-13,16-22,24,30,36H,4,7-8,14-15,23,25-26H2,1-2H3,(H,40,45). The number of amides is 2. The maximum atomic E-state index is 14.8. The lowest BCUT2D eigenvalue weighted by Crippen LogP contribution is -2.55. The average molecular weight is 733 g/mol. The van der Waals surface area contributed by atoms with Gasteiger partial charge in [-0.25, -0.2) is 8.42 Å². The van der Waals surface area contributed by atoms with Gasteiger partial charge in [0.05, 0.1) is 22.6 Å². The van der Waals surface area contributed by atoms with Gasteiger partial charge in [-0.05, 0) is 67.3 Å². The maximum Gasteiger partial charge on any atom is 0.273 e. The number of methoxy groups -OCH3 is 1. The molecule has 1 unspecified atom stereocenters. The first-order valence-electron chi connectivity index (χ1n) is 16.8. The Balaban J connectivity index is 1.60. The monoisotopic (exact) mass is 732 g/mol. The van der Waals surface area contributed by atoms with Gasteiger partial charge in [-0.1, -0.05) is 85.5 Å². The van der Waals surface area contributed by atoms with Gasteiger partial charge in [0, 0.05) is 35.7 Å². The molecule has 4 aromatic rings. The van der Waals surface area contributed by atoms with Gasteiger partial charge in [-0.15, -0.1) is 0 Å².